The van der Waals surface area contributed by atoms with Crippen molar-refractivity contribution < 1.29 is 14.6 Å². The van der Waals surface area contributed by atoms with Crippen molar-refractivity contribution in [2.45, 2.75) is 12.6 Å². The first-order valence-electron chi connectivity index (χ1n) is 11.2. The number of aliphatic hydroxyl groups is 1. The standard InChI is InChI=1S/C27H32N2O3/c1-28(19-24-9-5-6-10-27(24)29-15-17-31-18-16-29)20-25(30)21-32-26-13-11-23(12-14-26)22-7-3-2-4-8-22/h2-14,25,30H,15-21H2,1H3. The molecule has 0 aliphatic carbocycles. The van der Waals surface area contributed by atoms with Gasteiger partial charge in [-0.15, -0.1) is 0 Å². The summed E-state index contributed by atoms with van der Waals surface area (Å²) in [5, 5.41) is 10.5. The Morgan fingerprint density at radius 3 is 2.31 bits per heavy atom. The third kappa shape index (κ3) is 6.10. The van der Waals surface area contributed by atoms with Gasteiger partial charge in [0.1, 0.15) is 18.5 Å². The van der Waals surface area contributed by atoms with Crippen LogP contribution in [0, 0.1) is 0 Å². The molecule has 3 aromatic carbocycles. The smallest absolute Gasteiger partial charge is 0.119 e. The lowest BCUT2D eigenvalue weighted by molar-refractivity contribution is 0.0744. The normalized spacial score (nSPS) is 15.0. The van der Waals surface area contributed by atoms with Crippen molar-refractivity contribution >= 4 is 5.69 Å². The lowest BCUT2D eigenvalue weighted by atomic mass is 10.1. The zero-order valence-electron chi connectivity index (χ0n) is 18.7. The molecule has 1 heterocycles. The first-order chi connectivity index (χ1) is 15.7. The average Bonchev–Trinajstić information content (AvgIpc) is 2.84. The molecule has 1 fully saturated rings. The van der Waals surface area contributed by atoms with Gasteiger partial charge in [0.2, 0.25) is 0 Å². The van der Waals surface area contributed by atoms with E-state index in [0.717, 1.165) is 44.2 Å². The van der Waals surface area contributed by atoms with Gasteiger partial charge in [0, 0.05) is 31.9 Å². The van der Waals surface area contributed by atoms with Crippen LogP contribution in [0.1, 0.15) is 5.56 Å². The van der Waals surface area contributed by atoms with Crippen molar-refractivity contribution in [2.24, 2.45) is 0 Å². The van der Waals surface area contributed by atoms with E-state index in [1.165, 1.54) is 16.8 Å². The van der Waals surface area contributed by atoms with E-state index >= 15 is 0 Å². The molecule has 0 bridgehead atoms. The van der Waals surface area contributed by atoms with Crippen molar-refractivity contribution in [3.8, 4) is 16.9 Å². The Morgan fingerprint density at radius 2 is 1.56 bits per heavy atom. The number of hydrogen-bond acceptors (Lipinski definition) is 5. The van der Waals surface area contributed by atoms with Crippen molar-refractivity contribution in [1.82, 2.24) is 4.90 Å². The maximum Gasteiger partial charge on any atom is 0.119 e. The summed E-state index contributed by atoms with van der Waals surface area (Å²) in [7, 11) is 2.04. The van der Waals surface area contributed by atoms with Crippen LogP contribution in [-0.2, 0) is 11.3 Å². The van der Waals surface area contributed by atoms with Crippen LogP contribution in [0.25, 0.3) is 11.1 Å². The molecule has 0 spiro atoms. The van der Waals surface area contributed by atoms with E-state index in [4.69, 9.17) is 9.47 Å². The lowest BCUT2D eigenvalue weighted by Crippen LogP contribution is -2.37. The molecule has 0 saturated carbocycles. The predicted molar refractivity (Wildman–Crippen MR) is 129 cm³/mol. The van der Waals surface area contributed by atoms with E-state index in [9.17, 15) is 5.11 Å². The van der Waals surface area contributed by atoms with Crippen LogP contribution < -0.4 is 9.64 Å². The van der Waals surface area contributed by atoms with Crippen molar-refractivity contribution in [1.29, 1.82) is 0 Å². The Balaban J connectivity index is 1.27. The van der Waals surface area contributed by atoms with Gasteiger partial charge in [-0.1, -0.05) is 60.7 Å². The fourth-order valence-electron chi connectivity index (χ4n) is 4.09. The first kappa shape index (κ1) is 22.3. The van der Waals surface area contributed by atoms with Gasteiger partial charge in [0.15, 0.2) is 0 Å². The number of ether oxygens (including phenoxy) is 2. The maximum absolute atomic E-state index is 10.5. The van der Waals surface area contributed by atoms with Crippen molar-refractivity contribution in [3.05, 3.63) is 84.4 Å². The molecule has 0 radical (unpaired) electrons. The summed E-state index contributed by atoms with van der Waals surface area (Å²) in [5.74, 6) is 0.768. The van der Waals surface area contributed by atoms with Crippen molar-refractivity contribution in [2.75, 3.05) is 51.4 Å². The van der Waals surface area contributed by atoms with Gasteiger partial charge in [-0.2, -0.15) is 0 Å². The molecule has 3 aromatic rings. The SMILES string of the molecule is CN(Cc1ccccc1N1CCOCC1)CC(O)COc1ccc(-c2ccccc2)cc1. The molecule has 1 saturated heterocycles. The summed E-state index contributed by atoms with van der Waals surface area (Å²) in [6.45, 7) is 4.95. The molecular formula is C27H32N2O3. The Kier molecular flexibility index (Phi) is 7.77. The average molecular weight is 433 g/mol. The number of rotatable bonds is 9. The number of likely N-dealkylation sites (N-methyl/N-ethyl adjacent to an activating group) is 1. The van der Waals surface area contributed by atoms with Crippen LogP contribution >= 0.6 is 0 Å². The van der Waals surface area contributed by atoms with Crippen LogP contribution in [0.5, 0.6) is 5.75 Å². The number of para-hydroxylation sites is 1. The Bertz CT molecular complexity index is 956. The molecular weight excluding hydrogens is 400 g/mol. The largest absolute Gasteiger partial charge is 0.491 e. The second-order valence-corrected chi connectivity index (χ2v) is 8.28. The number of morpholine rings is 1. The van der Waals surface area contributed by atoms with Crippen LogP contribution in [0.4, 0.5) is 5.69 Å². The minimum absolute atomic E-state index is 0.264. The van der Waals surface area contributed by atoms with E-state index in [1.807, 2.05) is 49.5 Å². The summed E-state index contributed by atoms with van der Waals surface area (Å²) in [4.78, 5) is 4.52. The Morgan fingerprint density at radius 1 is 0.906 bits per heavy atom. The van der Waals surface area contributed by atoms with E-state index < -0.39 is 6.10 Å². The fraction of sp³-hybridized carbons (Fsp3) is 0.333. The van der Waals surface area contributed by atoms with Gasteiger partial charge in [-0.25, -0.2) is 0 Å². The maximum atomic E-state index is 10.5. The molecule has 1 aliphatic heterocycles. The van der Waals surface area contributed by atoms with E-state index in [2.05, 4.69) is 46.2 Å². The highest BCUT2D eigenvalue weighted by atomic mass is 16.5. The Labute approximate surface area is 190 Å². The molecule has 1 unspecified atom stereocenters. The fourth-order valence-corrected chi connectivity index (χ4v) is 4.09. The summed E-state index contributed by atoms with van der Waals surface area (Å²) in [6.07, 6.45) is -0.565. The highest BCUT2D eigenvalue weighted by Crippen LogP contribution is 2.24. The topological polar surface area (TPSA) is 45.2 Å². The number of aliphatic hydroxyl groups excluding tert-OH is 1. The van der Waals surface area contributed by atoms with Gasteiger partial charge >= 0.3 is 0 Å². The lowest BCUT2D eigenvalue weighted by Gasteiger charge is -2.31. The van der Waals surface area contributed by atoms with Gasteiger partial charge in [0.25, 0.3) is 0 Å². The van der Waals surface area contributed by atoms with Gasteiger partial charge in [-0.3, -0.25) is 4.90 Å². The van der Waals surface area contributed by atoms with Crippen LogP contribution in [-0.4, -0.2) is 62.6 Å². The summed E-state index contributed by atoms with van der Waals surface area (Å²) < 4.78 is 11.3. The van der Waals surface area contributed by atoms with E-state index in [-0.39, 0.29) is 6.61 Å². The molecule has 0 amide bonds. The zero-order valence-corrected chi connectivity index (χ0v) is 18.7. The zero-order chi connectivity index (χ0) is 22.2. The minimum atomic E-state index is -0.565. The highest BCUT2D eigenvalue weighted by Gasteiger charge is 2.16. The van der Waals surface area contributed by atoms with E-state index in [1.54, 1.807) is 0 Å². The molecule has 1 atom stereocenters. The van der Waals surface area contributed by atoms with Crippen LogP contribution in [0.15, 0.2) is 78.9 Å². The summed E-state index contributed by atoms with van der Waals surface area (Å²) in [6, 6.07) is 26.8. The monoisotopic (exact) mass is 432 g/mol. The molecule has 5 nitrogen and oxygen atoms in total. The second-order valence-electron chi connectivity index (χ2n) is 8.28. The molecule has 1 aliphatic rings. The quantitative estimate of drug-likeness (QED) is 0.552. The molecule has 0 aromatic heterocycles. The summed E-state index contributed by atoms with van der Waals surface area (Å²) >= 11 is 0. The molecule has 168 valence electrons. The minimum Gasteiger partial charge on any atom is -0.491 e. The Hall–Kier alpha value is -2.86. The van der Waals surface area contributed by atoms with Crippen LogP contribution in [0.2, 0.25) is 0 Å². The third-order valence-corrected chi connectivity index (χ3v) is 5.71. The molecule has 5 heteroatoms. The number of anilines is 1. The number of hydrogen-bond donors (Lipinski definition) is 1. The first-order valence-corrected chi connectivity index (χ1v) is 11.2. The molecule has 32 heavy (non-hydrogen) atoms. The number of benzene rings is 3. The molecule has 1 N–H and O–H groups in total. The van der Waals surface area contributed by atoms with Gasteiger partial charge in [0.05, 0.1) is 13.2 Å². The third-order valence-electron chi connectivity index (χ3n) is 5.71. The predicted octanol–water partition coefficient (Wildman–Crippen LogP) is 4.06. The van der Waals surface area contributed by atoms with Crippen LogP contribution in [0.3, 0.4) is 0 Å². The molecule has 4 rings (SSSR count). The highest BCUT2D eigenvalue weighted by molar-refractivity contribution is 5.63. The van der Waals surface area contributed by atoms with Crippen molar-refractivity contribution in [3.63, 3.8) is 0 Å². The second kappa shape index (κ2) is 11.1. The van der Waals surface area contributed by atoms with Gasteiger partial charge in [-0.05, 0) is 41.9 Å². The summed E-state index contributed by atoms with van der Waals surface area (Å²) in [5.41, 5.74) is 4.85. The number of nitrogens with zero attached hydrogens (tertiary/aromatic N) is 2. The van der Waals surface area contributed by atoms with E-state index in [0.29, 0.717) is 6.54 Å². The van der Waals surface area contributed by atoms with Gasteiger partial charge < -0.3 is 19.5 Å².